The van der Waals surface area contributed by atoms with E-state index in [9.17, 15) is 20.1 Å². The van der Waals surface area contributed by atoms with Crippen molar-refractivity contribution in [2.75, 3.05) is 6.61 Å². The van der Waals surface area contributed by atoms with Crippen LogP contribution in [0.15, 0.2) is 12.2 Å². The molecule has 0 aliphatic rings. The van der Waals surface area contributed by atoms with Gasteiger partial charge in [0.25, 0.3) is 0 Å². The average Bonchev–Trinajstić information content (AvgIpc) is 2.30. The van der Waals surface area contributed by atoms with Gasteiger partial charge in [-0.2, -0.15) is 0 Å². The molecule has 0 saturated carbocycles. The van der Waals surface area contributed by atoms with Gasteiger partial charge in [0, 0.05) is 6.08 Å². The lowest BCUT2D eigenvalue weighted by Crippen LogP contribution is -2.45. The highest BCUT2D eigenvalue weighted by atomic mass is 16.6. The fourth-order valence-corrected chi connectivity index (χ4v) is 1.16. The molecule has 0 aromatic rings. The number of hydrogen-bond acceptors (Lipinski definition) is 7. The molecule has 0 bridgehead atoms. The van der Waals surface area contributed by atoms with Gasteiger partial charge in [-0.3, -0.25) is 0 Å². The van der Waals surface area contributed by atoms with Crippen molar-refractivity contribution in [2.24, 2.45) is 0 Å². The monoisotopic (exact) mass is 278 g/mol. The van der Waals surface area contributed by atoms with E-state index in [4.69, 9.17) is 14.9 Å². The minimum atomic E-state index is -1.74. The molecule has 0 aliphatic carbocycles. The van der Waals surface area contributed by atoms with E-state index in [1.807, 2.05) is 0 Å². The van der Waals surface area contributed by atoms with Crippen LogP contribution in [-0.2, 0) is 9.53 Å². The van der Waals surface area contributed by atoms with Gasteiger partial charge in [0.15, 0.2) is 0 Å². The highest BCUT2D eigenvalue weighted by molar-refractivity contribution is 5.82. The third-order valence-corrected chi connectivity index (χ3v) is 2.12. The van der Waals surface area contributed by atoms with Gasteiger partial charge < -0.3 is 30.3 Å². The minimum Gasteiger partial charge on any atom is -0.457 e. The van der Waals surface area contributed by atoms with Crippen molar-refractivity contribution in [1.82, 2.24) is 0 Å². The molecule has 0 saturated heterocycles. The number of rotatable bonds is 6. The molecule has 7 heteroatoms. The Morgan fingerprint density at radius 1 is 1.16 bits per heavy atom. The van der Waals surface area contributed by atoms with Crippen molar-refractivity contribution in [2.45, 2.75) is 50.8 Å². The molecule has 0 unspecified atom stereocenters. The van der Waals surface area contributed by atoms with Gasteiger partial charge in [-0.25, -0.2) is 4.79 Å². The van der Waals surface area contributed by atoms with Crippen LogP contribution in [-0.4, -0.2) is 68.1 Å². The second-order valence-corrected chi connectivity index (χ2v) is 5.11. The summed E-state index contributed by atoms with van der Waals surface area (Å²) in [7, 11) is 0. The second kappa shape index (κ2) is 7.56. The molecule has 0 aromatic carbocycles. The summed E-state index contributed by atoms with van der Waals surface area (Å²) >= 11 is 0. The average molecular weight is 278 g/mol. The van der Waals surface area contributed by atoms with Crippen molar-refractivity contribution in [3.05, 3.63) is 12.2 Å². The molecule has 5 N–H and O–H groups in total. The first kappa shape index (κ1) is 18.0. The summed E-state index contributed by atoms with van der Waals surface area (Å²) in [5.41, 5.74) is -0.683. The molecule has 0 spiro atoms. The summed E-state index contributed by atoms with van der Waals surface area (Å²) in [5.74, 6) is -0.712. The van der Waals surface area contributed by atoms with Crippen LogP contribution in [0.2, 0.25) is 0 Å². The summed E-state index contributed by atoms with van der Waals surface area (Å²) in [4.78, 5) is 11.3. The molecular formula is C12H22O7. The number of aliphatic hydroxyl groups excluding tert-OH is 5. The maximum Gasteiger partial charge on any atom is 0.331 e. The lowest BCUT2D eigenvalue weighted by atomic mass is 10.0. The normalized spacial score (nSPS) is 18.9. The molecule has 4 atom stereocenters. The Kier molecular flexibility index (Phi) is 7.17. The highest BCUT2D eigenvalue weighted by Crippen LogP contribution is 2.09. The molecule has 0 radical (unpaired) electrons. The van der Waals surface area contributed by atoms with Crippen molar-refractivity contribution in [3.63, 3.8) is 0 Å². The fraction of sp³-hybridized carbons (Fsp3) is 0.750. The molecule has 19 heavy (non-hydrogen) atoms. The third-order valence-electron chi connectivity index (χ3n) is 2.12. The van der Waals surface area contributed by atoms with E-state index < -0.39 is 42.6 Å². The van der Waals surface area contributed by atoms with E-state index in [0.717, 1.165) is 12.2 Å². The Morgan fingerprint density at radius 2 is 1.68 bits per heavy atom. The van der Waals surface area contributed by atoms with Crippen LogP contribution in [0, 0.1) is 0 Å². The summed E-state index contributed by atoms with van der Waals surface area (Å²) in [6.07, 6.45) is -4.78. The molecule has 112 valence electrons. The Hall–Kier alpha value is -0.990. The van der Waals surface area contributed by atoms with Gasteiger partial charge in [0.05, 0.1) is 6.61 Å². The number of ether oxygens (including phenoxy) is 1. The van der Waals surface area contributed by atoms with Crippen molar-refractivity contribution in [1.29, 1.82) is 0 Å². The zero-order valence-electron chi connectivity index (χ0n) is 11.2. The number of carbonyl (C=O) groups is 1. The Balaban J connectivity index is 4.43. The van der Waals surface area contributed by atoms with Gasteiger partial charge in [0.1, 0.15) is 30.0 Å². The van der Waals surface area contributed by atoms with Crippen molar-refractivity contribution >= 4 is 5.97 Å². The number of esters is 1. The van der Waals surface area contributed by atoms with E-state index in [1.54, 1.807) is 20.8 Å². The second-order valence-electron chi connectivity index (χ2n) is 5.11. The molecule has 0 aromatic heterocycles. The number of carbonyl (C=O) groups excluding carboxylic acids is 1. The summed E-state index contributed by atoms with van der Waals surface area (Å²) in [6, 6.07) is 0. The van der Waals surface area contributed by atoms with E-state index in [-0.39, 0.29) is 0 Å². The van der Waals surface area contributed by atoms with Crippen LogP contribution >= 0.6 is 0 Å². The van der Waals surface area contributed by atoms with Crippen LogP contribution in [0.25, 0.3) is 0 Å². The number of aliphatic hydroxyl groups is 5. The van der Waals surface area contributed by atoms with Crippen molar-refractivity contribution < 1.29 is 35.1 Å². The Labute approximate surface area is 111 Å². The summed E-state index contributed by atoms with van der Waals surface area (Å²) in [6.45, 7) is 4.25. The molecule has 0 fully saturated rings. The minimum absolute atomic E-state index is 0.683. The molecule has 0 rings (SSSR count). The first-order chi connectivity index (χ1) is 8.58. The summed E-state index contributed by atoms with van der Waals surface area (Å²) in [5, 5.41) is 46.0. The highest BCUT2D eigenvalue weighted by Gasteiger charge is 2.28. The lowest BCUT2D eigenvalue weighted by Gasteiger charge is -2.24. The predicted molar refractivity (Wildman–Crippen MR) is 66.1 cm³/mol. The van der Waals surface area contributed by atoms with Gasteiger partial charge in [-0.1, -0.05) is 0 Å². The Morgan fingerprint density at radius 3 is 2.11 bits per heavy atom. The quantitative estimate of drug-likeness (QED) is 0.290. The van der Waals surface area contributed by atoms with Gasteiger partial charge in [-0.15, -0.1) is 0 Å². The maximum atomic E-state index is 11.3. The zero-order valence-corrected chi connectivity index (χ0v) is 11.2. The van der Waals surface area contributed by atoms with E-state index >= 15 is 0 Å². The van der Waals surface area contributed by atoms with E-state index in [2.05, 4.69) is 0 Å². The first-order valence-electron chi connectivity index (χ1n) is 5.82. The predicted octanol–water partition coefficient (Wildman–Crippen LogP) is -1.68. The molecular weight excluding hydrogens is 256 g/mol. The maximum absolute atomic E-state index is 11.3. The smallest absolute Gasteiger partial charge is 0.331 e. The third kappa shape index (κ3) is 7.24. The molecule has 0 aliphatic heterocycles. The molecule has 0 amide bonds. The van der Waals surface area contributed by atoms with Crippen LogP contribution < -0.4 is 0 Å². The SMILES string of the molecule is CC(C)(C)OC(=O)/C=C/[C@H](O)[C@@H](O)[C@H](O)[C@H](O)CO. The largest absolute Gasteiger partial charge is 0.457 e. The van der Waals surface area contributed by atoms with Gasteiger partial charge >= 0.3 is 5.97 Å². The number of hydrogen-bond donors (Lipinski definition) is 5. The van der Waals surface area contributed by atoms with Crippen LogP contribution in [0.5, 0.6) is 0 Å². The van der Waals surface area contributed by atoms with Crippen LogP contribution in [0.1, 0.15) is 20.8 Å². The van der Waals surface area contributed by atoms with E-state index in [1.165, 1.54) is 0 Å². The summed E-state index contributed by atoms with van der Waals surface area (Å²) < 4.78 is 4.93. The molecule has 0 heterocycles. The topological polar surface area (TPSA) is 127 Å². The Bertz CT molecular complexity index is 308. The van der Waals surface area contributed by atoms with Gasteiger partial charge in [-0.05, 0) is 26.8 Å². The molecule has 7 nitrogen and oxygen atoms in total. The standard InChI is InChI=1S/C12H22O7/c1-12(2,3)19-9(16)5-4-7(14)10(17)11(18)8(15)6-13/h4-5,7-8,10-11,13-15,17-18H,6H2,1-3H3/b5-4+/t7-,8+,10+,11+/m0/s1. The van der Waals surface area contributed by atoms with E-state index in [0.29, 0.717) is 0 Å². The van der Waals surface area contributed by atoms with Crippen molar-refractivity contribution in [3.8, 4) is 0 Å². The van der Waals surface area contributed by atoms with Gasteiger partial charge in [0.2, 0.25) is 0 Å². The zero-order chi connectivity index (χ0) is 15.2. The van der Waals surface area contributed by atoms with Crippen LogP contribution in [0.4, 0.5) is 0 Å². The fourth-order valence-electron chi connectivity index (χ4n) is 1.16. The first-order valence-corrected chi connectivity index (χ1v) is 5.82. The van der Waals surface area contributed by atoms with Crippen LogP contribution in [0.3, 0.4) is 0 Å². The lowest BCUT2D eigenvalue weighted by molar-refractivity contribution is -0.148.